The van der Waals surface area contributed by atoms with Crippen molar-refractivity contribution in [3.05, 3.63) is 35.5 Å². The number of H-pyrrole nitrogens is 1. The standard InChI is InChI=1S/C14H12N4O/c1-18-13-4-2-9(6-10(13)3-5-14(18)19)12-7-11(8-15)16-17-12/h2,4,6-7H,3,5H2,1H3,(H,16,17). The minimum Gasteiger partial charge on any atom is -0.315 e. The molecule has 1 amide bonds. The van der Waals surface area contributed by atoms with Crippen LogP contribution in [0.4, 0.5) is 5.69 Å². The van der Waals surface area contributed by atoms with Crippen molar-refractivity contribution < 1.29 is 4.79 Å². The molecule has 94 valence electrons. The summed E-state index contributed by atoms with van der Waals surface area (Å²) in [5.41, 5.74) is 4.28. The highest BCUT2D eigenvalue weighted by atomic mass is 16.2. The van der Waals surface area contributed by atoms with Crippen LogP contribution in [0.25, 0.3) is 11.3 Å². The Morgan fingerprint density at radius 1 is 1.37 bits per heavy atom. The van der Waals surface area contributed by atoms with Crippen molar-refractivity contribution in [3.8, 4) is 17.3 Å². The zero-order chi connectivity index (χ0) is 13.4. The summed E-state index contributed by atoms with van der Waals surface area (Å²) in [7, 11) is 1.80. The van der Waals surface area contributed by atoms with E-state index >= 15 is 0 Å². The van der Waals surface area contributed by atoms with Gasteiger partial charge in [-0.05, 0) is 29.7 Å². The third-order valence-electron chi connectivity index (χ3n) is 3.43. The molecule has 5 nitrogen and oxygen atoms in total. The van der Waals surface area contributed by atoms with Crippen molar-refractivity contribution in [1.29, 1.82) is 5.26 Å². The van der Waals surface area contributed by atoms with Gasteiger partial charge in [0.15, 0.2) is 5.69 Å². The molecule has 1 N–H and O–H groups in total. The number of aromatic amines is 1. The van der Waals surface area contributed by atoms with Crippen molar-refractivity contribution in [3.63, 3.8) is 0 Å². The quantitative estimate of drug-likeness (QED) is 0.841. The molecule has 1 aromatic carbocycles. The van der Waals surface area contributed by atoms with Gasteiger partial charge in [0.05, 0.1) is 5.69 Å². The molecule has 3 rings (SSSR count). The number of aromatic nitrogens is 2. The van der Waals surface area contributed by atoms with Gasteiger partial charge >= 0.3 is 0 Å². The smallest absolute Gasteiger partial charge is 0.227 e. The highest BCUT2D eigenvalue weighted by molar-refractivity contribution is 5.96. The van der Waals surface area contributed by atoms with Crippen LogP contribution < -0.4 is 4.90 Å². The van der Waals surface area contributed by atoms with Gasteiger partial charge in [0, 0.05) is 25.2 Å². The summed E-state index contributed by atoms with van der Waals surface area (Å²) in [6.45, 7) is 0. The van der Waals surface area contributed by atoms with Crippen LogP contribution in [0.5, 0.6) is 0 Å². The highest BCUT2D eigenvalue weighted by Gasteiger charge is 2.21. The predicted octanol–water partition coefficient (Wildman–Crippen LogP) is 1.86. The number of benzene rings is 1. The van der Waals surface area contributed by atoms with Crippen LogP contribution >= 0.6 is 0 Å². The molecule has 0 bridgehead atoms. The summed E-state index contributed by atoms with van der Waals surface area (Å²) >= 11 is 0. The monoisotopic (exact) mass is 252 g/mol. The van der Waals surface area contributed by atoms with Gasteiger partial charge < -0.3 is 4.90 Å². The molecule has 1 aromatic heterocycles. The van der Waals surface area contributed by atoms with E-state index < -0.39 is 0 Å². The number of hydrogen-bond acceptors (Lipinski definition) is 3. The first kappa shape index (κ1) is 11.5. The summed E-state index contributed by atoms with van der Waals surface area (Å²) in [6, 6.07) is 9.64. The summed E-state index contributed by atoms with van der Waals surface area (Å²) in [5, 5.41) is 15.5. The van der Waals surface area contributed by atoms with Gasteiger partial charge in [-0.15, -0.1) is 0 Å². The maximum atomic E-state index is 11.6. The van der Waals surface area contributed by atoms with Crippen LogP contribution in [0.15, 0.2) is 24.3 Å². The number of rotatable bonds is 1. The fourth-order valence-corrected chi connectivity index (χ4v) is 2.35. The number of nitrogens with zero attached hydrogens (tertiary/aromatic N) is 3. The first-order valence-electron chi connectivity index (χ1n) is 6.04. The Morgan fingerprint density at radius 2 is 2.21 bits per heavy atom. The van der Waals surface area contributed by atoms with Crippen LogP contribution in [0, 0.1) is 11.3 Å². The van der Waals surface area contributed by atoms with E-state index in [1.807, 2.05) is 24.3 Å². The van der Waals surface area contributed by atoms with E-state index in [0.717, 1.165) is 28.9 Å². The van der Waals surface area contributed by atoms with Gasteiger partial charge in [-0.25, -0.2) is 0 Å². The minimum absolute atomic E-state index is 0.147. The average molecular weight is 252 g/mol. The molecule has 1 aliphatic rings. The lowest BCUT2D eigenvalue weighted by Crippen LogP contribution is -2.30. The van der Waals surface area contributed by atoms with E-state index in [1.54, 1.807) is 18.0 Å². The number of nitriles is 1. The molecule has 2 heterocycles. The van der Waals surface area contributed by atoms with Crippen molar-refractivity contribution >= 4 is 11.6 Å². The fraction of sp³-hybridized carbons (Fsp3) is 0.214. The third kappa shape index (κ3) is 1.87. The molecular weight excluding hydrogens is 240 g/mol. The number of anilines is 1. The Bertz CT molecular complexity index is 696. The molecule has 0 aliphatic carbocycles. The molecule has 0 spiro atoms. The Hall–Kier alpha value is -2.61. The zero-order valence-electron chi connectivity index (χ0n) is 10.5. The van der Waals surface area contributed by atoms with E-state index in [2.05, 4.69) is 10.2 Å². The van der Waals surface area contributed by atoms with Gasteiger partial charge in [-0.2, -0.15) is 10.4 Å². The van der Waals surface area contributed by atoms with Crippen molar-refractivity contribution in [2.75, 3.05) is 11.9 Å². The van der Waals surface area contributed by atoms with E-state index in [9.17, 15) is 4.79 Å². The largest absolute Gasteiger partial charge is 0.315 e. The number of amides is 1. The molecule has 0 fully saturated rings. The number of nitrogens with one attached hydrogen (secondary N) is 1. The van der Waals surface area contributed by atoms with Crippen molar-refractivity contribution in [1.82, 2.24) is 10.2 Å². The van der Waals surface area contributed by atoms with Gasteiger partial charge in [-0.3, -0.25) is 9.89 Å². The van der Waals surface area contributed by atoms with Crippen molar-refractivity contribution in [2.24, 2.45) is 0 Å². The molecule has 19 heavy (non-hydrogen) atoms. The van der Waals surface area contributed by atoms with Gasteiger partial charge in [0.1, 0.15) is 6.07 Å². The lowest BCUT2D eigenvalue weighted by atomic mass is 9.98. The second-order valence-electron chi connectivity index (χ2n) is 4.57. The molecule has 0 unspecified atom stereocenters. The maximum absolute atomic E-state index is 11.6. The number of carbonyl (C=O) groups is 1. The van der Waals surface area contributed by atoms with E-state index in [4.69, 9.17) is 5.26 Å². The molecule has 1 aliphatic heterocycles. The van der Waals surface area contributed by atoms with E-state index in [0.29, 0.717) is 12.1 Å². The summed E-state index contributed by atoms with van der Waals surface area (Å²) < 4.78 is 0. The minimum atomic E-state index is 0.147. The van der Waals surface area contributed by atoms with Gasteiger partial charge in [0.2, 0.25) is 5.91 Å². The SMILES string of the molecule is CN1C(=O)CCc2cc(-c3cc(C#N)n[nH]3)ccc21. The van der Waals surface area contributed by atoms with E-state index in [1.165, 1.54) is 0 Å². The van der Waals surface area contributed by atoms with Gasteiger partial charge in [0.25, 0.3) is 0 Å². The van der Waals surface area contributed by atoms with Gasteiger partial charge in [-0.1, -0.05) is 6.07 Å². The van der Waals surface area contributed by atoms with Crippen LogP contribution in [0.2, 0.25) is 0 Å². The Labute approximate surface area is 110 Å². The third-order valence-corrected chi connectivity index (χ3v) is 3.43. The zero-order valence-corrected chi connectivity index (χ0v) is 10.5. The first-order chi connectivity index (χ1) is 9.19. The Morgan fingerprint density at radius 3 is 2.95 bits per heavy atom. The lowest BCUT2D eigenvalue weighted by Gasteiger charge is -2.26. The molecule has 0 saturated carbocycles. The molecule has 2 aromatic rings. The average Bonchev–Trinajstić information content (AvgIpc) is 2.91. The van der Waals surface area contributed by atoms with Crippen LogP contribution in [-0.4, -0.2) is 23.2 Å². The van der Waals surface area contributed by atoms with E-state index in [-0.39, 0.29) is 5.91 Å². The molecular formula is C14H12N4O. The summed E-state index contributed by atoms with van der Waals surface area (Å²) in [5.74, 6) is 0.147. The maximum Gasteiger partial charge on any atom is 0.227 e. The predicted molar refractivity (Wildman–Crippen MR) is 70.5 cm³/mol. The second-order valence-corrected chi connectivity index (χ2v) is 4.57. The highest BCUT2D eigenvalue weighted by Crippen LogP contribution is 2.30. The Kier molecular flexibility index (Phi) is 2.57. The van der Waals surface area contributed by atoms with Crippen molar-refractivity contribution in [2.45, 2.75) is 12.8 Å². The number of aryl methyl sites for hydroxylation is 1. The first-order valence-corrected chi connectivity index (χ1v) is 6.04. The van der Waals surface area contributed by atoms with Crippen LogP contribution in [-0.2, 0) is 11.2 Å². The van der Waals surface area contributed by atoms with Crippen LogP contribution in [0.1, 0.15) is 17.7 Å². The number of hydrogen-bond donors (Lipinski definition) is 1. The lowest BCUT2D eigenvalue weighted by molar-refractivity contribution is -0.118. The Balaban J connectivity index is 2.02. The second kappa shape index (κ2) is 4.25. The topological polar surface area (TPSA) is 72.8 Å². The molecule has 0 radical (unpaired) electrons. The number of fused-ring (bicyclic) bond motifs is 1. The fourth-order valence-electron chi connectivity index (χ4n) is 2.35. The summed E-state index contributed by atoms with van der Waals surface area (Å²) in [4.78, 5) is 13.3. The summed E-state index contributed by atoms with van der Waals surface area (Å²) in [6.07, 6.45) is 1.30. The number of carbonyl (C=O) groups excluding carboxylic acids is 1. The molecule has 0 atom stereocenters. The molecule has 0 saturated heterocycles. The normalized spacial score (nSPS) is 14.1. The van der Waals surface area contributed by atoms with Crippen LogP contribution in [0.3, 0.4) is 0 Å². The molecule has 5 heteroatoms.